The molecule has 4 nitrogen and oxygen atoms in total. The number of rotatable bonds is 8. The molecule has 0 unspecified atom stereocenters. The Labute approximate surface area is 169 Å². The van der Waals surface area contributed by atoms with E-state index in [-0.39, 0.29) is 11.7 Å². The molecule has 0 aliphatic heterocycles. The Morgan fingerprint density at radius 1 is 1.11 bits per heavy atom. The number of halogens is 2. The van der Waals surface area contributed by atoms with Crippen LogP contribution in [0.5, 0.6) is 0 Å². The van der Waals surface area contributed by atoms with Crippen LogP contribution in [0.3, 0.4) is 0 Å². The first-order chi connectivity index (χ1) is 13.6. The molecule has 28 heavy (non-hydrogen) atoms. The maximum atomic E-state index is 14.2. The first kappa shape index (κ1) is 20.1. The van der Waals surface area contributed by atoms with Crippen molar-refractivity contribution in [2.75, 3.05) is 6.54 Å². The van der Waals surface area contributed by atoms with Crippen LogP contribution < -0.4 is 5.32 Å². The summed E-state index contributed by atoms with van der Waals surface area (Å²) in [6.07, 6.45) is 4.28. The standard InChI is InChI=1S/C22H23ClFN3O/c1-2-3-4-7-13-25-22(28)21-15-20(18-11-5-6-12-19(18)24)26-27(21)17-10-8-9-16(23)14-17/h5-6,8-12,14-15H,2-4,7,13H2,1H3,(H,25,28). The number of benzene rings is 2. The van der Waals surface area contributed by atoms with E-state index in [1.807, 2.05) is 6.07 Å². The van der Waals surface area contributed by atoms with Crippen molar-refractivity contribution in [2.45, 2.75) is 32.6 Å². The molecule has 0 saturated carbocycles. The zero-order chi connectivity index (χ0) is 19.9. The van der Waals surface area contributed by atoms with Crippen molar-refractivity contribution in [2.24, 2.45) is 0 Å². The highest BCUT2D eigenvalue weighted by atomic mass is 35.5. The van der Waals surface area contributed by atoms with Crippen LogP contribution >= 0.6 is 11.6 Å². The molecular formula is C22H23ClFN3O. The Bertz CT molecular complexity index is 954. The molecule has 0 fully saturated rings. The van der Waals surface area contributed by atoms with Crippen molar-refractivity contribution in [3.8, 4) is 16.9 Å². The number of unbranched alkanes of at least 4 members (excludes halogenated alkanes) is 3. The Kier molecular flexibility index (Phi) is 6.82. The lowest BCUT2D eigenvalue weighted by atomic mass is 10.1. The van der Waals surface area contributed by atoms with Crippen LogP contribution in [-0.2, 0) is 0 Å². The minimum absolute atomic E-state index is 0.244. The van der Waals surface area contributed by atoms with E-state index in [2.05, 4.69) is 17.3 Å². The minimum Gasteiger partial charge on any atom is -0.351 e. The van der Waals surface area contributed by atoms with Gasteiger partial charge < -0.3 is 5.32 Å². The Morgan fingerprint density at radius 2 is 1.93 bits per heavy atom. The predicted molar refractivity (Wildman–Crippen MR) is 110 cm³/mol. The van der Waals surface area contributed by atoms with Gasteiger partial charge in [-0.1, -0.05) is 56.0 Å². The van der Waals surface area contributed by atoms with Crippen molar-refractivity contribution in [3.63, 3.8) is 0 Å². The molecule has 0 spiro atoms. The third-order valence-electron chi connectivity index (χ3n) is 4.46. The smallest absolute Gasteiger partial charge is 0.270 e. The number of carbonyl (C=O) groups excluding carboxylic acids is 1. The number of hydrogen-bond donors (Lipinski definition) is 1. The predicted octanol–water partition coefficient (Wildman–Crippen LogP) is 5.64. The molecule has 3 rings (SSSR count). The van der Waals surface area contributed by atoms with Crippen LogP contribution in [0.1, 0.15) is 43.1 Å². The molecule has 0 aliphatic rings. The molecule has 1 aromatic heterocycles. The normalized spacial score (nSPS) is 10.8. The molecule has 0 atom stereocenters. The quantitative estimate of drug-likeness (QED) is 0.498. The molecule has 0 bridgehead atoms. The first-order valence-corrected chi connectivity index (χ1v) is 9.87. The number of aromatic nitrogens is 2. The SMILES string of the molecule is CCCCCCNC(=O)c1cc(-c2ccccc2F)nn1-c1cccc(Cl)c1. The maximum Gasteiger partial charge on any atom is 0.270 e. The summed E-state index contributed by atoms with van der Waals surface area (Å²) in [5, 5.41) is 7.96. The Morgan fingerprint density at radius 3 is 2.68 bits per heavy atom. The van der Waals surface area contributed by atoms with E-state index in [0.717, 1.165) is 25.7 Å². The highest BCUT2D eigenvalue weighted by Crippen LogP contribution is 2.25. The third kappa shape index (κ3) is 4.78. The van der Waals surface area contributed by atoms with Crippen molar-refractivity contribution in [3.05, 3.63) is 71.1 Å². The minimum atomic E-state index is -0.384. The molecule has 2 aromatic carbocycles. The number of nitrogens with zero attached hydrogens (tertiary/aromatic N) is 2. The van der Waals surface area contributed by atoms with E-state index >= 15 is 0 Å². The molecule has 0 aliphatic carbocycles. The zero-order valence-electron chi connectivity index (χ0n) is 15.8. The van der Waals surface area contributed by atoms with Gasteiger partial charge in [0, 0.05) is 17.1 Å². The maximum absolute atomic E-state index is 14.2. The fourth-order valence-electron chi connectivity index (χ4n) is 2.99. The van der Waals surface area contributed by atoms with Crippen molar-refractivity contribution >= 4 is 17.5 Å². The molecule has 0 saturated heterocycles. The first-order valence-electron chi connectivity index (χ1n) is 9.49. The van der Waals surface area contributed by atoms with Gasteiger partial charge in [0.25, 0.3) is 5.91 Å². The van der Waals surface area contributed by atoms with E-state index < -0.39 is 0 Å². The van der Waals surface area contributed by atoms with Gasteiger partial charge in [0.05, 0.1) is 11.4 Å². The van der Waals surface area contributed by atoms with E-state index in [0.29, 0.717) is 34.2 Å². The fourth-order valence-corrected chi connectivity index (χ4v) is 3.18. The summed E-state index contributed by atoms with van der Waals surface area (Å²) in [6.45, 7) is 2.74. The average Bonchev–Trinajstić information content (AvgIpc) is 3.13. The van der Waals surface area contributed by atoms with Crippen molar-refractivity contribution in [1.29, 1.82) is 0 Å². The van der Waals surface area contributed by atoms with Gasteiger partial charge in [0.1, 0.15) is 11.5 Å². The van der Waals surface area contributed by atoms with E-state index in [9.17, 15) is 9.18 Å². The van der Waals surface area contributed by atoms with Gasteiger partial charge in [-0.3, -0.25) is 4.79 Å². The summed E-state index contributed by atoms with van der Waals surface area (Å²) in [4.78, 5) is 12.8. The van der Waals surface area contributed by atoms with Crippen LogP contribution in [0, 0.1) is 5.82 Å². The summed E-state index contributed by atoms with van der Waals surface area (Å²) in [5.74, 6) is -0.628. The highest BCUT2D eigenvalue weighted by molar-refractivity contribution is 6.30. The fraction of sp³-hybridized carbons (Fsp3) is 0.273. The lowest BCUT2D eigenvalue weighted by Crippen LogP contribution is -2.26. The van der Waals surface area contributed by atoms with Crippen molar-refractivity contribution < 1.29 is 9.18 Å². The molecule has 0 radical (unpaired) electrons. The van der Waals surface area contributed by atoms with Gasteiger partial charge in [-0.25, -0.2) is 9.07 Å². The van der Waals surface area contributed by atoms with E-state index in [4.69, 9.17) is 11.6 Å². The zero-order valence-corrected chi connectivity index (χ0v) is 16.5. The number of carbonyl (C=O) groups is 1. The number of hydrogen-bond acceptors (Lipinski definition) is 2. The average molecular weight is 400 g/mol. The molecule has 1 N–H and O–H groups in total. The summed E-state index contributed by atoms with van der Waals surface area (Å²) >= 11 is 6.11. The van der Waals surface area contributed by atoms with Crippen molar-refractivity contribution in [1.82, 2.24) is 15.1 Å². The molecule has 3 aromatic rings. The van der Waals surface area contributed by atoms with Gasteiger partial charge in [-0.15, -0.1) is 0 Å². The Hall–Kier alpha value is -2.66. The van der Waals surface area contributed by atoms with Gasteiger partial charge in [0.15, 0.2) is 0 Å². The van der Waals surface area contributed by atoms with Crippen LogP contribution in [0.15, 0.2) is 54.6 Å². The summed E-state index contributed by atoms with van der Waals surface area (Å²) in [5.41, 5.74) is 1.73. The molecule has 6 heteroatoms. The highest BCUT2D eigenvalue weighted by Gasteiger charge is 2.19. The van der Waals surface area contributed by atoms with Gasteiger partial charge >= 0.3 is 0 Å². The Balaban J connectivity index is 1.93. The second-order valence-corrected chi connectivity index (χ2v) is 7.04. The van der Waals surface area contributed by atoms with Gasteiger partial charge in [-0.2, -0.15) is 5.10 Å². The monoisotopic (exact) mass is 399 g/mol. The second kappa shape index (κ2) is 9.51. The topological polar surface area (TPSA) is 46.9 Å². The molecule has 1 heterocycles. The third-order valence-corrected chi connectivity index (χ3v) is 4.70. The van der Waals surface area contributed by atoms with Crippen LogP contribution in [-0.4, -0.2) is 22.2 Å². The van der Waals surface area contributed by atoms with Crippen LogP contribution in [0.4, 0.5) is 4.39 Å². The molecular weight excluding hydrogens is 377 g/mol. The van der Waals surface area contributed by atoms with E-state index in [1.54, 1.807) is 42.5 Å². The lowest BCUT2D eigenvalue weighted by Gasteiger charge is -2.08. The van der Waals surface area contributed by atoms with Crippen LogP contribution in [0.25, 0.3) is 16.9 Å². The molecule has 1 amide bonds. The second-order valence-electron chi connectivity index (χ2n) is 6.60. The number of nitrogens with one attached hydrogen (secondary N) is 1. The number of amides is 1. The van der Waals surface area contributed by atoms with Crippen LogP contribution in [0.2, 0.25) is 5.02 Å². The van der Waals surface area contributed by atoms with Gasteiger partial charge in [-0.05, 0) is 42.8 Å². The summed E-state index contributed by atoms with van der Waals surface area (Å²) < 4.78 is 15.7. The van der Waals surface area contributed by atoms with Gasteiger partial charge in [0.2, 0.25) is 0 Å². The summed E-state index contributed by atoms with van der Waals surface area (Å²) in [6, 6.07) is 15.1. The largest absolute Gasteiger partial charge is 0.351 e. The summed E-state index contributed by atoms with van der Waals surface area (Å²) in [7, 11) is 0. The van der Waals surface area contributed by atoms with E-state index in [1.165, 1.54) is 10.7 Å². The molecule has 146 valence electrons. The lowest BCUT2D eigenvalue weighted by molar-refractivity contribution is 0.0945.